The van der Waals surface area contributed by atoms with E-state index in [4.69, 9.17) is 14.2 Å². The van der Waals surface area contributed by atoms with Crippen LogP contribution in [0.3, 0.4) is 0 Å². The molecule has 0 bridgehead atoms. The van der Waals surface area contributed by atoms with Gasteiger partial charge in [0.1, 0.15) is 23.6 Å². The fraction of sp³-hybridized carbons (Fsp3) is 0.833. The summed E-state index contributed by atoms with van der Waals surface area (Å²) in [6.07, 6.45) is -0.699. The van der Waals surface area contributed by atoms with Crippen molar-refractivity contribution in [2.75, 3.05) is 7.11 Å². The topological polar surface area (TPSA) is 108 Å². The summed E-state index contributed by atoms with van der Waals surface area (Å²) in [7, 11) is 1.57. The number of amides is 1. The van der Waals surface area contributed by atoms with E-state index in [1.165, 1.54) is 0 Å². The van der Waals surface area contributed by atoms with Crippen LogP contribution in [-0.2, 0) is 28.6 Å². The molecule has 0 aliphatic carbocycles. The van der Waals surface area contributed by atoms with E-state index in [9.17, 15) is 19.2 Å². The molecule has 1 N–H and O–H groups in total. The normalized spacial score (nSPS) is 44.2. The molecule has 2 fully saturated rings. The molecule has 0 aromatic carbocycles. The van der Waals surface area contributed by atoms with Gasteiger partial charge in [-0.25, -0.2) is 4.79 Å². The number of esters is 1. The quantitative estimate of drug-likeness (QED) is 0.505. The van der Waals surface area contributed by atoms with Crippen molar-refractivity contribution < 1.29 is 33.4 Å². The second kappa shape index (κ2) is 9.49. The smallest absolute Gasteiger partial charge is 0.408 e. The highest BCUT2D eigenvalue weighted by Gasteiger charge is 2.56. The van der Waals surface area contributed by atoms with Crippen LogP contribution < -0.4 is 5.32 Å². The van der Waals surface area contributed by atoms with Gasteiger partial charge in [0.15, 0.2) is 5.60 Å². The van der Waals surface area contributed by atoms with Gasteiger partial charge in [-0.15, -0.1) is 0 Å². The van der Waals surface area contributed by atoms with Gasteiger partial charge < -0.3 is 19.5 Å². The number of Topliss-reactive ketones (excluding diaryl/α,β-unsaturated/α-hetero) is 2. The molecule has 0 aromatic rings. The number of carbonyl (C=O) groups is 4. The molecule has 8 nitrogen and oxygen atoms in total. The van der Waals surface area contributed by atoms with Crippen LogP contribution in [0.15, 0.2) is 0 Å². The molecular weight excluding hydrogens is 414 g/mol. The summed E-state index contributed by atoms with van der Waals surface area (Å²) in [5, 5.41) is 2.76. The second-order valence-electron chi connectivity index (χ2n) is 10.0. The van der Waals surface area contributed by atoms with E-state index in [0.29, 0.717) is 12.8 Å². The maximum Gasteiger partial charge on any atom is 0.408 e. The molecule has 2 saturated heterocycles. The molecule has 0 spiro atoms. The van der Waals surface area contributed by atoms with E-state index in [1.54, 1.807) is 34.8 Å². The van der Waals surface area contributed by atoms with Gasteiger partial charge in [-0.1, -0.05) is 34.6 Å². The lowest BCUT2D eigenvalue weighted by molar-refractivity contribution is -0.171. The zero-order chi connectivity index (χ0) is 24.6. The van der Waals surface area contributed by atoms with E-state index >= 15 is 0 Å². The number of ether oxygens (including phenoxy) is 3. The molecule has 0 saturated carbocycles. The minimum Gasteiger partial charge on any atom is -0.458 e. The first-order valence-electron chi connectivity index (χ1n) is 11.6. The van der Waals surface area contributed by atoms with Crippen LogP contribution in [0.4, 0.5) is 4.79 Å². The number of alkyl carbamates (subject to hydrolysis) is 1. The molecule has 0 aromatic heterocycles. The molecule has 2 aliphatic heterocycles. The number of hydrogen-bond acceptors (Lipinski definition) is 7. The van der Waals surface area contributed by atoms with Crippen molar-refractivity contribution in [1.29, 1.82) is 0 Å². The first-order valence-corrected chi connectivity index (χ1v) is 11.6. The first-order chi connectivity index (χ1) is 14.7. The summed E-state index contributed by atoms with van der Waals surface area (Å²) in [6, 6.07) is -0.679. The van der Waals surface area contributed by atoms with Crippen LogP contribution in [0.1, 0.15) is 68.2 Å². The van der Waals surface area contributed by atoms with Crippen LogP contribution in [0.5, 0.6) is 0 Å². The molecule has 2 aliphatic rings. The fourth-order valence-electron chi connectivity index (χ4n) is 5.36. The van der Waals surface area contributed by atoms with Crippen molar-refractivity contribution in [2.24, 2.45) is 29.6 Å². The molecule has 1 amide bonds. The van der Waals surface area contributed by atoms with Crippen molar-refractivity contribution >= 4 is 23.6 Å². The van der Waals surface area contributed by atoms with Crippen LogP contribution in [0.2, 0.25) is 0 Å². The van der Waals surface area contributed by atoms with Crippen molar-refractivity contribution in [1.82, 2.24) is 5.32 Å². The Bertz CT molecular complexity index is 767. The number of ketones is 2. The van der Waals surface area contributed by atoms with Crippen molar-refractivity contribution in [3.05, 3.63) is 0 Å². The summed E-state index contributed by atoms with van der Waals surface area (Å²) in [4.78, 5) is 51.8. The van der Waals surface area contributed by atoms with Gasteiger partial charge in [-0.2, -0.15) is 0 Å². The lowest BCUT2D eigenvalue weighted by Gasteiger charge is -2.42. The van der Waals surface area contributed by atoms with Gasteiger partial charge in [-0.3, -0.25) is 14.4 Å². The average molecular weight is 454 g/mol. The van der Waals surface area contributed by atoms with Crippen molar-refractivity contribution in [2.45, 2.75) is 91.6 Å². The Morgan fingerprint density at radius 1 is 1.00 bits per heavy atom. The largest absolute Gasteiger partial charge is 0.458 e. The minimum atomic E-state index is -1.24. The summed E-state index contributed by atoms with van der Waals surface area (Å²) < 4.78 is 17.2. The van der Waals surface area contributed by atoms with E-state index in [2.05, 4.69) is 5.32 Å². The van der Waals surface area contributed by atoms with Crippen LogP contribution in [-0.4, -0.2) is 54.1 Å². The number of rotatable bonds is 2. The molecule has 9 atom stereocenters. The van der Waals surface area contributed by atoms with Crippen molar-refractivity contribution in [3.63, 3.8) is 0 Å². The van der Waals surface area contributed by atoms with Gasteiger partial charge >= 0.3 is 12.1 Å². The molecule has 32 heavy (non-hydrogen) atoms. The zero-order valence-electron chi connectivity index (χ0n) is 20.8. The van der Waals surface area contributed by atoms with E-state index in [-0.39, 0.29) is 23.4 Å². The molecule has 182 valence electrons. The Hall–Kier alpha value is -1.96. The molecule has 2 heterocycles. The molecule has 8 heteroatoms. The molecule has 1 unspecified atom stereocenters. The van der Waals surface area contributed by atoms with Gasteiger partial charge in [0, 0.05) is 24.9 Å². The number of nitrogens with one attached hydrogen (secondary N) is 1. The SMILES string of the molecule is CC[C@H]1OC(=O)[C@H](C)C(=O)[C@H](C)[C@@H](C)[C@](C)(OC)C[C@@H](C)C(=O)[C@H](C)C2NC(=O)O[C@@]21C. The minimum absolute atomic E-state index is 0.0481. The maximum atomic E-state index is 13.4. The van der Waals surface area contributed by atoms with Crippen molar-refractivity contribution in [3.8, 4) is 0 Å². The highest BCUT2D eigenvalue weighted by atomic mass is 16.6. The van der Waals surface area contributed by atoms with Gasteiger partial charge in [-0.05, 0) is 39.5 Å². The van der Waals surface area contributed by atoms with E-state index < -0.39 is 53.2 Å². The lowest BCUT2D eigenvalue weighted by Crippen LogP contribution is -2.57. The fourth-order valence-corrected chi connectivity index (χ4v) is 5.36. The Balaban J connectivity index is 2.57. The van der Waals surface area contributed by atoms with Gasteiger partial charge in [0.05, 0.1) is 11.6 Å². The van der Waals surface area contributed by atoms with Gasteiger partial charge in [0.2, 0.25) is 0 Å². The summed E-state index contributed by atoms with van der Waals surface area (Å²) >= 11 is 0. The maximum absolute atomic E-state index is 13.4. The summed E-state index contributed by atoms with van der Waals surface area (Å²) in [5.74, 6) is -3.62. The van der Waals surface area contributed by atoms with E-state index in [1.807, 2.05) is 27.7 Å². The highest BCUT2D eigenvalue weighted by Crippen LogP contribution is 2.39. The predicted molar refractivity (Wildman–Crippen MR) is 118 cm³/mol. The molecule has 2 rings (SSSR count). The standard InChI is InChI=1S/C24H39NO7/c1-10-17-24(8)20(25-22(29)32-24)14(4)18(26)12(2)11-23(7,30-9)16(6)13(3)19(27)15(5)21(28)31-17/h12-17,20H,10-11H2,1-9H3,(H,25,29)/t12-,13-,14+,15-,16-,17-,20?,23-,24-/m1/s1. The zero-order valence-corrected chi connectivity index (χ0v) is 20.8. The first kappa shape index (κ1) is 26.3. The number of cyclic esters (lactones) is 1. The number of fused-ring (bicyclic) bond motifs is 1. The monoisotopic (exact) mass is 453 g/mol. The number of methoxy groups -OCH3 is 1. The third-order valence-corrected chi connectivity index (χ3v) is 8.03. The lowest BCUT2D eigenvalue weighted by atomic mass is 9.71. The molecule has 0 radical (unpaired) electrons. The van der Waals surface area contributed by atoms with Crippen LogP contribution >= 0.6 is 0 Å². The Kier molecular flexibility index (Phi) is 7.80. The Labute approximate surface area is 191 Å². The van der Waals surface area contributed by atoms with Crippen LogP contribution in [0, 0.1) is 29.6 Å². The van der Waals surface area contributed by atoms with E-state index in [0.717, 1.165) is 0 Å². The third kappa shape index (κ3) is 4.56. The Morgan fingerprint density at radius 2 is 1.59 bits per heavy atom. The van der Waals surface area contributed by atoms with Crippen LogP contribution in [0.25, 0.3) is 0 Å². The summed E-state index contributed by atoms with van der Waals surface area (Å²) in [6.45, 7) is 14.2. The second-order valence-corrected chi connectivity index (χ2v) is 10.0. The average Bonchev–Trinajstić information content (AvgIpc) is 3.07. The third-order valence-electron chi connectivity index (χ3n) is 8.03. The number of carbonyl (C=O) groups excluding carboxylic acids is 4. The van der Waals surface area contributed by atoms with Gasteiger partial charge in [0.25, 0.3) is 0 Å². The Morgan fingerprint density at radius 3 is 2.12 bits per heavy atom. The summed E-state index contributed by atoms with van der Waals surface area (Å²) in [5.41, 5.74) is -2.01. The number of hydrogen-bond donors (Lipinski definition) is 1. The molecular formula is C24H39NO7. The predicted octanol–water partition coefficient (Wildman–Crippen LogP) is 3.30. The highest BCUT2D eigenvalue weighted by molar-refractivity contribution is 6.00.